The zero-order valence-electron chi connectivity index (χ0n) is 12.9. The molecular weight excluding hydrogens is 240 g/mol. The molecule has 0 aromatic rings. The molecule has 0 saturated heterocycles. The van der Waals surface area contributed by atoms with Gasteiger partial charge in [-0.05, 0) is 53.4 Å². The molecule has 0 spiro atoms. The van der Waals surface area contributed by atoms with Crippen molar-refractivity contribution in [3.05, 3.63) is 0 Å². The topological polar surface area (TPSA) is 61.6 Å². The van der Waals surface area contributed by atoms with Gasteiger partial charge in [0.15, 0.2) is 0 Å². The molecule has 0 aromatic carbocycles. The van der Waals surface area contributed by atoms with Crippen LogP contribution in [0.1, 0.15) is 32.6 Å². The predicted molar refractivity (Wildman–Crippen MR) is 79.0 cm³/mol. The molecular formula is C14H30N4O. The molecule has 0 radical (unpaired) electrons. The summed E-state index contributed by atoms with van der Waals surface area (Å²) in [5, 5.41) is 3.16. The number of carbonyl (C=O) groups excluding carboxylic acids is 1. The van der Waals surface area contributed by atoms with Gasteiger partial charge < -0.3 is 16.0 Å². The number of nitrogens with two attached hydrogens (primary N) is 1. The lowest BCUT2D eigenvalue weighted by atomic mass is 9.96. The third kappa shape index (κ3) is 4.16. The maximum Gasteiger partial charge on any atom is 0.237 e. The predicted octanol–water partition coefficient (Wildman–Crippen LogP) is 0.256. The maximum atomic E-state index is 11.7. The lowest BCUT2D eigenvalue weighted by Crippen LogP contribution is -2.53. The second-order valence-corrected chi connectivity index (χ2v) is 5.93. The first kappa shape index (κ1) is 16.4. The molecule has 1 rings (SSSR count). The van der Waals surface area contributed by atoms with Crippen molar-refractivity contribution in [3.8, 4) is 0 Å². The Morgan fingerprint density at radius 1 is 1.37 bits per heavy atom. The molecule has 0 aromatic heterocycles. The van der Waals surface area contributed by atoms with E-state index in [1.165, 1.54) is 0 Å². The Morgan fingerprint density at radius 3 is 2.47 bits per heavy atom. The summed E-state index contributed by atoms with van der Waals surface area (Å²) < 4.78 is 0. The van der Waals surface area contributed by atoms with E-state index in [1.54, 1.807) is 0 Å². The monoisotopic (exact) mass is 270 g/mol. The lowest BCUT2D eigenvalue weighted by Gasteiger charge is -2.31. The first-order valence-corrected chi connectivity index (χ1v) is 7.32. The minimum Gasteiger partial charge on any atom is -0.368 e. The van der Waals surface area contributed by atoms with E-state index in [0.717, 1.165) is 45.3 Å². The molecule has 1 fully saturated rings. The van der Waals surface area contributed by atoms with E-state index in [9.17, 15) is 4.79 Å². The highest BCUT2D eigenvalue weighted by Gasteiger charge is 2.44. The number of hydrogen-bond donors (Lipinski definition) is 2. The van der Waals surface area contributed by atoms with Crippen LogP contribution in [0.4, 0.5) is 0 Å². The van der Waals surface area contributed by atoms with E-state index in [2.05, 4.69) is 36.1 Å². The largest absolute Gasteiger partial charge is 0.368 e. The average molecular weight is 270 g/mol. The normalized spacial score (nSPS) is 27.4. The van der Waals surface area contributed by atoms with Crippen LogP contribution in [0.25, 0.3) is 0 Å². The molecule has 0 heterocycles. The van der Waals surface area contributed by atoms with Crippen LogP contribution < -0.4 is 11.1 Å². The molecule has 19 heavy (non-hydrogen) atoms. The summed E-state index contributed by atoms with van der Waals surface area (Å²) in [5.41, 5.74) is 5.08. The van der Waals surface area contributed by atoms with Gasteiger partial charge in [0.25, 0.3) is 0 Å². The lowest BCUT2D eigenvalue weighted by molar-refractivity contribution is -0.124. The molecule has 1 aliphatic carbocycles. The van der Waals surface area contributed by atoms with Crippen molar-refractivity contribution in [1.29, 1.82) is 0 Å². The van der Waals surface area contributed by atoms with Gasteiger partial charge in [-0.1, -0.05) is 6.92 Å². The average Bonchev–Trinajstić information content (AvgIpc) is 2.80. The van der Waals surface area contributed by atoms with E-state index in [0.29, 0.717) is 6.04 Å². The molecule has 2 atom stereocenters. The SMILES string of the molecule is CCCN(CCN(C)C)C1CCC(NC)(C(N)=O)C1. The Morgan fingerprint density at radius 2 is 2.05 bits per heavy atom. The molecule has 3 N–H and O–H groups in total. The van der Waals surface area contributed by atoms with Crippen molar-refractivity contribution in [2.24, 2.45) is 5.73 Å². The zero-order valence-corrected chi connectivity index (χ0v) is 12.9. The van der Waals surface area contributed by atoms with E-state index >= 15 is 0 Å². The van der Waals surface area contributed by atoms with Crippen LogP contribution in [0.5, 0.6) is 0 Å². The molecule has 2 unspecified atom stereocenters. The van der Waals surface area contributed by atoms with E-state index in [-0.39, 0.29) is 5.91 Å². The van der Waals surface area contributed by atoms with Crippen LogP contribution in [-0.2, 0) is 4.79 Å². The number of carbonyl (C=O) groups is 1. The summed E-state index contributed by atoms with van der Waals surface area (Å²) >= 11 is 0. The molecule has 112 valence electrons. The van der Waals surface area contributed by atoms with E-state index in [4.69, 9.17) is 5.73 Å². The second kappa shape index (κ2) is 7.22. The van der Waals surface area contributed by atoms with Gasteiger partial charge in [-0.3, -0.25) is 9.69 Å². The number of nitrogens with one attached hydrogen (secondary N) is 1. The van der Waals surface area contributed by atoms with Gasteiger partial charge >= 0.3 is 0 Å². The third-order valence-corrected chi connectivity index (χ3v) is 4.30. The van der Waals surface area contributed by atoms with Crippen LogP contribution in [0.2, 0.25) is 0 Å². The van der Waals surface area contributed by atoms with Crippen LogP contribution >= 0.6 is 0 Å². The number of amides is 1. The Hall–Kier alpha value is -0.650. The van der Waals surface area contributed by atoms with Gasteiger partial charge in [-0.15, -0.1) is 0 Å². The first-order chi connectivity index (χ1) is 8.95. The minimum absolute atomic E-state index is 0.207. The number of primary amides is 1. The van der Waals surface area contributed by atoms with Gasteiger partial charge in [0.2, 0.25) is 5.91 Å². The van der Waals surface area contributed by atoms with Crippen molar-refractivity contribution >= 4 is 5.91 Å². The van der Waals surface area contributed by atoms with Gasteiger partial charge in [-0.2, -0.15) is 0 Å². The van der Waals surface area contributed by atoms with E-state index < -0.39 is 5.54 Å². The van der Waals surface area contributed by atoms with Crippen molar-refractivity contribution in [3.63, 3.8) is 0 Å². The van der Waals surface area contributed by atoms with Crippen LogP contribution in [0.3, 0.4) is 0 Å². The smallest absolute Gasteiger partial charge is 0.237 e. The standard InChI is InChI=1S/C14H30N4O/c1-5-8-18(10-9-17(3)4)12-6-7-14(11-12,16-2)13(15)19/h12,16H,5-11H2,1-4H3,(H2,15,19). The second-order valence-electron chi connectivity index (χ2n) is 5.93. The minimum atomic E-state index is -0.491. The molecule has 0 bridgehead atoms. The summed E-state index contributed by atoms with van der Waals surface area (Å²) in [6, 6.07) is 0.472. The third-order valence-electron chi connectivity index (χ3n) is 4.30. The Labute approximate surface area is 117 Å². The molecule has 5 heteroatoms. The molecule has 0 aliphatic heterocycles. The Kier molecular flexibility index (Phi) is 6.23. The summed E-state index contributed by atoms with van der Waals surface area (Å²) in [6.07, 6.45) is 3.89. The van der Waals surface area contributed by atoms with Crippen molar-refractivity contribution < 1.29 is 4.79 Å². The molecule has 5 nitrogen and oxygen atoms in total. The Balaban J connectivity index is 2.64. The highest BCUT2D eigenvalue weighted by molar-refractivity contribution is 5.85. The number of nitrogens with zero attached hydrogens (tertiary/aromatic N) is 2. The van der Waals surface area contributed by atoms with E-state index in [1.807, 2.05) is 7.05 Å². The van der Waals surface area contributed by atoms with Gasteiger partial charge in [0.1, 0.15) is 0 Å². The fourth-order valence-electron chi connectivity index (χ4n) is 3.00. The molecule has 1 amide bonds. The fourth-order valence-corrected chi connectivity index (χ4v) is 3.00. The summed E-state index contributed by atoms with van der Waals surface area (Å²) in [5.74, 6) is -0.207. The Bertz CT molecular complexity index is 295. The maximum absolute atomic E-state index is 11.7. The highest BCUT2D eigenvalue weighted by atomic mass is 16.1. The number of rotatable bonds is 8. The quantitative estimate of drug-likeness (QED) is 0.664. The van der Waals surface area contributed by atoms with Crippen molar-refractivity contribution in [1.82, 2.24) is 15.1 Å². The van der Waals surface area contributed by atoms with Crippen LogP contribution in [-0.4, -0.2) is 68.1 Å². The zero-order chi connectivity index (χ0) is 14.5. The summed E-state index contributed by atoms with van der Waals surface area (Å²) in [6.45, 7) is 5.41. The first-order valence-electron chi connectivity index (χ1n) is 7.32. The van der Waals surface area contributed by atoms with Crippen molar-refractivity contribution in [2.45, 2.75) is 44.2 Å². The molecule has 1 saturated carbocycles. The molecule has 1 aliphatic rings. The number of likely N-dealkylation sites (N-methyl/N-ethyl adjacent to an activating group) is 2. The van der Waals surface area contributed by atoms with Crippen LogP contribution in [0, 0.1) is 0 Å². The fraction of sp³-hybridized carbons (Fsp3) is 0.929. The van der Waals surface area contributed by atoms with Gasteiger partial charge in [-0.25, -0.2) is 0 Å². The summed E-state index contributed by atoms with van der Waals surface area (Å²) in [4.78, 5) is 16.4. The highest BCUT2D eigenvalue weighted by Crippen LogP contribution is 2.32. The van der Waals surface area contributed by atoms with Crippen LogP contribution in [0.15, 0.2) is 0 Å². The number of hydrogen-bond acceptors (Lipinski definition) is 4. The van der Waals surface area contributed by atoms with Gasteiger partial charge in [0.05, 0.1) is 5.54 Å². The van der Waals surface area contributed by atoms with Gasteiger partial charge in [0, 0.05) is 19.1 Å². The van der Waals surface area contributed by atoms with Crippen molar-refractivity contribution in [2.75, 3.05) is 40.8 Å². The summed E-state index contributed by atoms with van der Waals surface area (Å²) in [7, 11) is 6.04.